The standard InChI is InChI=1S/C19H16N4/c1-2-4-13(5-3-1)16-8-9-17-18-14(10-21-19(16)18)6-7-15-11-20-12-22-23(15)17/h1-7,9-12,16,21H,8H2,(H,20,22). The average Bonchev–Trinajstić information content (AvgIpc) is 2.97. The van der Waals surface area contributed by atoms with Crippen LogP contribution >= 0.6 is 0 Å². The normalized spacial score (nSPS) is 20.9. The van der Waals surface area contributed by atoms with Crippen LogP contribution in [0.1, 0.15) is 34.7 Å². The zero-order valence-corrected chi connectivity index (χ0v) is 12.5. The quantitative estimate of drug-likeness (QED) is 0.845. The van der Waals surface area contributed by atoms with Crippen LogP contribution < -0.4 is 5.43 Å². The Morgan fingerprint density at radius 1 is 1.13 bits per heavy atom. The number of hydrogen-bond acceptors (Lipinski definition) is 3. The van der Waals surface area contributed by atoms with Crippen molar-refractivity contribution in [2.24, 2.45) is 4.99 Å². The van der Waals surface area contributed by atoms with Gasteiger partial charge >= 0.3 is 0 Å². The lowest BCUT2D eigenvalue weighted by atomic mass is 9.84. The molecule has 3 heterocycles. The zero-order chi connectivity index (χ0) is 15.2. The third-order valence-electron chi connectivity index (χ3n) is 4.70. The number of nitrogens with one attached hydrogen (secondary N) is 2. The summed E-state index contributed by atoms with van der Waals surface area (Å²) in [5, 5.41) is 2.11. The van der Waals surface area contributed by atoms with E-state index in [1.807, 2.05) is 6.20 Å². The highest BCUT2D eigenvalue weighted by molar-refractivity contribution is 5.82. The van der Waals surface area contributed by atoms with Gasteiger partial charge in [0.1, 0.15) is 6.34 Å². The highest BCUT2D eigenvalue weighted by atomic mass is 15.5. The molecule has 2 N–H and O–H groups in total. The lowest BCUT2D eigenvalue weighted by Gasteiger charge is -2.32. The third-order valence-corrected chi connectivity index (χ3v) is 4.70. The second-order valence-corrected chi connectivity index (χ2v) is 5.95. The van der Waals surface area contributed by atoms with Crippen molar-refractivity contribution in [3.8, 4) is 0 Å². The maximum Gasteiger partial charge on any atom is 0.107 e. The van der Waals surface area contributed by atoms with Crippen LogP contribution in [-0.4, -0.2) is 16.3 Å². The van der Waals surface area contributed by atoms with E-state index in [0.29, 0.717) is 5.92 Å². The van der Waals surface area contributed by atoms with Crippen molar-refractivity contribution >= 4 is 18.1 Å². The largest absolute Gasteiger partial charge is 0.363 e. The summed E-state index contributed by atoms with van der Waals surface area (Å²) in [6.07, 6.45) is 13.3. The summed E-state index contributed by atoms with van der Waals surface area (Å²) in [6.45, 7) is 0. The first kappa shape index (κ1) is 12.5. The SMILES string of the molecule is C1=Cc2c[nH]c3c2C(=CCC3c2ccccc2)N2NC=NC=C12. The molecule has 4 heteroatoms. The molecule has 23 heavy (non-hydrogen) atoms. The lowest BCUT2D eigenvalue weighted by Crippen LogP contribution is -2.36. The summed E-state index contributed by atoms with van der Waals surface area (Å²) in [5.41, 5.74) is 10.7. The van der Waals surface area contributed by atoms with Gasteiger partial charge in [-0.3, -0.25) is 10.4 Å². The van der Waals surface area contributed by atoms with Crippen LogP contribution in [0.2, 0.25) is 0 Å². The Kier molecular flexibility index (Phi) is 2.58. The van der Waals surface area contributed by atoms with Crippen LogP contribution in [0, 0.1) is 0 Å². The van der Waals surface area contributed by atoms with E-state index >= 15 is 0 Å². The minimum Gasteiger partial charge on any atom is -0.363 e. The van der Waals surface area contributed by atoms with Crippen molar-refractivity contribution < 1.29 is 0 Å². The van der Waals surface area contributed by atoms with Gasteiger partial charge in [0.25, 0.3) is 0 Å². The molecule has 2 aliphatic heterocycles. The van der Waals surface area contributed by atoms with E-state index in [1.165, 1.54) is 28.1 Å². The fourth-order valence-corrected chi connectivity index (χ4v) is 3.63. The van der Waals surface area contributed by atoms with Gasteiger partial charge < -0.3 is 4.98 Å². The summed E-state index contributed by atoms with van der Waals surface area (Å²) in [7, 11) is 0. The first-order valence-corrected chi connectivity index (χ1v) is 7.85. The summed E-state index contributed by atoms with van der Waals surface area (Å²) >= 11 is 0. The predicted octanol–water partition coefficient (Wildman–Crippen LogP) is 3.61. The maximum absolute atomic E-state index is 4.20. The molecule has 0 fully saturated rings. The molecule has 0 radical (unpaired) electrons. The lowest BCUT2D eigenvalue weighted by molar-refractivity contribution is 0.449. The summed E-state index contributed by atoms with van der Waals surface area (Å²) < 4.78 is 0. The van der Waals surface area contributed by atoms with Crippen molar-refractivity contribution in [1.29, 1.82) is 0 Å². The highest BCUT2D eigenvalue weighted by Crippen LogP contribution is 2.43. The van der Waals surface area contributed by atoms with Crippen LogP contribution in [0.3, 0.4) is 0 Å². The molecular weight excluding hydrogens is 284 g/mol. The number of aromatic amines is 1. The molecule has 1 unspecified atom stereocenters. The Morgan fingerprint density at radius 3 is 2.96 bits per heavy atom. The summed E-state index contributed by atoms with van der Waals surface area (Å²) in [5.74, 6) is 0.376. The van der Waals surface area contributed by atoms with Crippen molar-refractivity contribution in [2.75, 3.05) is 0 Å². The molecule has 0 bridgehead atoms. The molecule has 112 valence electrons. The van der Waals surface area contributed by atoms with Crippen LogP contribution in [-0.2, 0) is 0 Å². The second kappa shape index (κ2) is 4.74. The fourth-order valence-electron chi connectivity index (χ4n) is 3.63. The topological polar surface area (TPSA) is 43.4 Å². The number of H-pyrrole nitrogens is 1. The summed E-state index contributed by atoms with van der Waals surface area (Å²) in [6, 6.07) is 10.7. The monoisotopic (exact) mass is 300 g/mol. The molecule has 3 aliphatic rings. The first-order valence-electron chi connectivity index (χ1n) is 7.85. The Balaban J connectivity index is 1.67. The molecule has 0 spiro atoms. The molecule has 0 saturated heterocycles. The summed E-state index contributed by atoms with van der Waals surface area (Å²) in [4.78, 5) is 7.72. The van der Waals surface area contributed by atoms with Gasteiger partial charge in [-0.05, 0) is 18.1 Å². The molecule has 5 rings (SSSR count). The molecule has 4 nitrogen and oxygen atoms in total. The number of fused-ring (bicyclic) bond motifs is 2. The zero-order valence-electron chi connectivity index (χ0n) is 12.5. The number of nitrogens with zero attached hydrogens (tertiary/aromatic N) is 2. The number of allylic oxidation sites excluding steroid dienone is 2. The van der Waals surface area contributed by atoms with E-state index in [1.54, 1.807) is 6.34 Å². The fraction of sp³-hybridized carbons (Fsp3) is 0.105. The third kappa shape index (κ3) is 1.81. The average molecular weight is 300 g/mol. The Bertz CT molecular complexity index is 883. The molecule has 1 aromatic heterocycles. The van der Waals surface area contributed by atoms with Crippen molar-refractivity contribution in [1.82, 2.24) is 15.4 Å². The van der Waals surface area contributed by atoms with E-state index in [2.05, 4.69) is 75.2 Å². The maximum atomic E-state index is 4.20. The van der Waals surface area contributed by atoms with Crippen LogP contribution in [0.5, 0.6) is 0 Å². The Labute approximate surface area is 134 Å². The van der Waals surface area contributed by atoms with Gasteiger partial charge in [0.15, 0.2) is 0 Å². The number of benzene rings is 1. The van der Waals surface area contributed by atoms with E-state index in [9.17, 15) is 0 Å². The molecular formula is C19H16N4. The minimum atomic E-state index is 0.376. The second-order valence-electron chi connectivity index (χ2n) is 5.95. The van der Waals surface area contributed by atoms with Gasteiger partial charge in [-0.15, -0.1) is 0 Å². The molecule has 0 saturated carbocycles. The van der Waals surface area contributed by atoms with Crippen molar-refractivity contribution in [2.45, 2.75) is 12.3 Å². The van der Waals surface area contributed by atoms with E-state index in [4.69, 9.17) is 0 Å². The Morgan fingerprint density at radius 2 is 2.04 bits per heavy atom. The number of aliphatic imine (C=N–C) groups is 1. The Hall–Kier alpha value is -3.01. The molecule has 1 atom stereocenters. The van der Waals surface area contributed by atoms with Gasteiger partial charge in [-0.1, -0.05) is 42.5 Å². The number of rotatable bonds is 1. The number of hydrazine groups is 1. The van der Waals surface area contributed by atoms with Gasteiger partial charge in [0.2, 0.25) is 0 Å². The molecule has 1 aromatic carbocycles. The van der Waals surface area contributed by atoms with Gasteiger partial charge in [0.05, 0.1) is 17.6 Å². The van der Waals surface area contributed by atoms with Crippen LogP contribution in [0.4, 0.5) is 0 Å². The van der Waals surface area contributed by atoms with Gasteiger partial charge in [0, 0.05) is 28.9 Å². The first-order chi connectivity index (χ1) is 11.4. The molecule has 0 amide bonds. The molecule has 1 aliphatic carbocycles. The van der Waals surface area contributed by atoms with E-state index < -0.39 is 0 Å². The van der Waals surface area contributed by atoms with Crippen LogP contribution in [0.25, 0.3) is 11.8 Å². The predicted molar refractivity (Wildman–Crippen MR) is 92.3 cm³/mol. The molecule has 2 aromatic rings. The van der Waals surface area contributed by atoms with E-state index in [-0.39, 0.29) is 0 Å². The van der Waals surface area contributed by atoms with E-state index in [0.717, 1.165) is 12.1 Å². The van der Waals surface area contributed by atoms with Crippen molar-refractivity contribution in [3.63, 3.8) is 0 Å². The number of hydrogen-bond donors (Lipinski definition) is 2. The minimum absolute atomic E-state index is 0.376. The van der Waals surface area contributed by atoms with Crippen LogP contribution in [0.15, 0.2) is 65.6 Å². The van der Waals surface area contributed by atoms with Gasteiger partial charge in [-0.2, -0.15) is 0 Å². The highest BCUT2D eigenvalue weighted by Gasteiger charge is 2.31. The van der Waals surface area contributed by atoms with Crippen molar-refractivity contribution in [3.05, 3.63) is 83.0 Å². The van der Waals surface area contributed by atoms with Gasteiger partial charge in [-0.25, -0.2) is 4.99 Å². The smallest absolute Gasteiger partial charge is 0.107 e. The number of aromatic nitrogens is 1.